The highest BCUT2D eigenvalue weighted by atomic mass is 16.5. The molecule has 0 aromatic carbocycles. The van der Waals surface area contributed by atoms with Crippen molar-refractivity contribution in [3.8, 4) is 0 Å². The van der Waals surface area contributed by atoms with Gasteiger partial charge >= 0.3 is 0 Å². The smallest absolute Gasteiger partial charge is 0.0462 e. The molecule has 0 radical (unpaired) electrons. The number of nitrogens with one attached hydrogen (secondary N) is 1. The molecule has 0 aliphatic heterocycles. The van der Waals surface area contributed by atoms with Crippen molar-refractivity contribution < 1.29 is 4.74 Å². The van der Waals surface area contributed by atoms with Crippen LogP contribution in [0.3, 0.4) is 0 Å². The van der Waals surface area contributed by atoms with Crippen LogP contribution in [0.4, 0.5) is 0 Å². The molecule has 0 bridgehead atoms. The predicted octanol–water partition coefficient (Wildman–Crippen LogP) is 1.46. The summed E-state index contributed by atoms with van der Waals surface area (Å²) in [5, 5.41) is 0. The van der Waals surface area contributed by atoms with Gasteiger partial charge in [-0.1, -0.05) is 0 Å². The average molecular weight is 168 g/mol. The fourth-order valence-corrected chi connectivity index (χ4v) is 1.02. The Hall–Kier alpha value is -0.960. The minimum absolute atomic E-state index is 0.855. The molecule has 0 saturated carbocycles. The molecule has 0 amide bonds. The number of ether oxygens (including phenoxy) is 1. The third-order valence-electron chi connectivity index (χ3n) is 1.67. The molecule has 0 unspecified atom stereocenters. The Labute approximate surface area is 73.3 Å². The average Bonchev–Trinajstić information content (AvgIpc) is 2.57. The van der Waals surface area contributed by atoms with E-state index in [4.69, 9.17) is 4.74 Å². The van der Waals surface area contributed by atoms with E-state index in [1.807, 2.05) is 29.2 Å². The molecule has 0 aliphatic carbocycles. The third-order valence-corrected chi connectivity index (χ3v) is 1.67. The highest BCUT2D eigenvalue weighted by Crippen LogP contribution is 1.89. The van der Waals surface area contributed by atoms with Crippen molar-refractivity contribution in [3.63, 3.8) is 0 Å². The van der Waals surface area contributed by atoms with E-state index in [1.54, 1.807) is 7.11 Å². The molecule has 1 N–H and O–H groups in total. The minimum atomic E-state index is 0.855. The van der Waals surface area contributed by atoms with Gasteiger partial charge in [0.2, 0.25) is 0 Å². The van der Waals surface area contributed by atoms with Crippen molar-refractivity contribution in [2.24, 2.45) is 0 Å². The van der Waals surface area contributed by atoms with Gasteiger partial charge in [0.1, 0.15) is 0 Å². The van der Waals surface area contributed by atoms with Crippen LogP contribution >= 0.6 is 0 Å². The van der Waals surface area contributed by atoms with Crippen LogP contribution in [-0.2, 0) is 4.74 Å². The quantitative estimate of drug-likeness (QED) is 0.651. The zero-order chi connectivity index (χ0) is 8.65. The van der Waals surface area contributed by atoms with E-state index in [0.717, 1.165) is 26.0 Å². The topological polar surface area (TPSA) is 26.2 Å². The van der Waals surface area contributed by atoms with Gasteiger partial charge < -0.3 is 10.2 Å². The molecule has 1 aromatic rings. The van der Waals surface area contributed by atoms with Gasteiger partial charge in [0.15, 0.2) is 0 Å². The Kier molecular flexibility index (Phi) is 4.31. The molecular weight excluding hydrogens is 152 g/mol. The molecular formula is C9H16N2O. The molecule has 1 heterocycles. The Morgan fingerprint density at radius 1 is 1.25 bits per heavy atom. The lowest BCUT2D eigenvalue weighted by Crippen LogP contribution is -2.13. The van der Waals surface area contributed by atoms with Crippen molar-refractivity contribution >= 4 is 0 Å². The Morgan fingerprint density at radius 3 is 2.67 bits per heavy atom. The monoisotopic (exact) mass is 168 g/mol. The summed E-state index contributed by atoms with van der Waals surface area (Å²) in [5.41, 5.74) is 3.24. The largest absolute Gasteiger partial charge is 0.385 e. The molecule has 0 aliphatic rings. The van der Waals surface area contributed by atoms with Gasteiger partial charge in [-0.05, 0) is 25.0 Å². The second kappa shape index (κ2) is 5.66. The molecule has 0 atom stereocenters. The number of unbranched alkanes of at least 4 members (excludes halogenated alkanes) is 1. The molecule has 0 spiro atoms. The lowest BCUT2D eigenvalue weighted by atomic mass is 10.3. The minimum Gasteiger partial charge on any atom is -0.385 e. The van der Waals surface area contributed by atoms with Crippen molar-refractivity contribution in [1.82, 2.24) is 4.68 Å². The van der Waals surface area contributed by atoms with Crippen LogP contribution in [0.15, 0.2) is 24.5 Å². The molecule has 3 nitrogen and oxygen atoms in total. The van der Waals surface area contributed by atoms with Crippen molar-refractivity contribution in [2.45, 2.75) is 12.8 Å². The number of rotatable bonds is 6. The van der Waals surface area contributed by atoms with E-state index >= 15 is 0 Å². The zero-order valence-corrected chi connectivity index (χ0v) is 7.49. The highest BCUT2D eigenvalue weighted by Gasteiger charge is 1.87. The fraction of sp³-hybridized carbons (Fsp3) is 0.556. The summed E-state index contributed by atoms with van der Waals surface area (Å²) in [6, 6.07) is 4.00. The first-order chi connectivity index (χ1) is 5.93. The van der Waals surface area contributed by atoms with Crippen LogP contribution in [0.1, 0.15) is 12.8 Å². The second-order valence-corrected chi connectivity index (χ2v) is 2.70. The van der Waals surface area contributed by atoms with Gasteiger partial charge in [-0.15, -0.1) is 0 Å². The predicted molar refractivity (Wildman–Crippen MR) is 49.8 cm³/mol. The van der Waals surface area contributed by atoms with Crippen LogP contribution in [0.25, 0.3) is 0 Å². The first kappa shape index (κ1) is 9.13. The maximum Gasteiger partial charge on any atom is 0.0462 e. The van der Waals surface area contributed by atoms with Crippen LogP contribution in [-0.4, -0.2) is 24.9 Å². The molecule has 1 rings (SSSR count). The van der Waals surface area contributed by atoms with E-state index < -0.39 is 0 Å². The lowest BCUT2D eigenvalue weighted by Gasteiger charge is -2.06. The maximum absolute atomic E-state index is 4.94. The standard InChI is InChI=1S/C9H16N2O/c1-12-9-5-2-6-10-11-7-3-4-8-11/h3-4,7-8,10H,2,5-6,9H2,1H3. The van der Waals surface area contributed by atoms with Gasteiger partial charge in [0.25, 0.3) is 0 Å². The SMILES string of the molecule is COCCCCNn1cccc1. The van der Waals surface area contributed by atoms with Crippen LogP contribution in [0, 0.1) is 0 Å². The van der Waals surface area contributed by atoms with E-state index in [2.05, 4.69) is 5.43 Å². The molecule has 3 heteroatoms. The summed E-state index contributed by atoms with van der Waals surface area (Å²) in [6.07, 6.45) is 6.25. The molecule has 12 heavy (non-hydrogen) atoms. The van der Waals surface area contributed by atoms with Crippen molar-refractivity contribution in [3.05, 3.63) is 24.5 Å². The zero-order valence-electron chi connectivity index (χ0n) is 7.49. The second-order valence-electron chi connectivity index (χ2n) is 2.70. The summed E-state index contributed by atoms with van der Waals surface area (Å²) in [6.45, 7) is 1.85. The van der Waals surface area contributed by atoms with Crippen LogP contribution in [0.5, 0.6) is 0 Å². The Morgan fingerprint density at radius 2 is 2.00 bits per heavy atom. The first-order valence-electron chi connectivity index (χ1n) is 4.29. The molecule has 0 saturated heterocycles. The highest BCUT2D eigenvalue weighted by molar-refractivity contribution is 4.92. The summed E-state index contributed by atoms with van der Waals surface area (Å²) in [5.74, 6) is 0. The van der Waals surface area contributed by atoms with Gasteiger partial charge in [-0.25, -0.2) is 0 Å². The van der Waals surface area contributed by atoms with Gasteiger partial charge in [-0.3, -0.25) is 4.68 Å². The summed E-state index contributed by atoms with van der Waals surface area (Å²) in [4.78, 5) is 0. The summed E-state index contributed by atoms with van der Waals surface area (Å²) >= 11 is 0. The van der Waals surface area contributed by atoms with Gasteiger partial charge in [0.05, 0.1) is 0 Å². The van der Waals surface area contributed by atoms with Crippen LogP contribution < -0.4 is 5.43 Å². The van der Waals surface area contributed by atoms with E-state index in [0.29, 0.717) is 0 Å². The molecule has 1 aromatic heterocycles. The Bertz CT molecular complexity index is 184. The van der Waals surface area contributed by atoms with Gasteiger partial charge in [0, 0.05) is 32.7 Å². The van der Waals surface area contributed by atoms with E-state index in [1.165, 1.54) is 0 Å². The third kappa shape index (κ3) is 3.44. The number of aromatic nitrogens is 1. The van der Waals surface area contributed by atoms with Gasteiger partial charge in [-0.2, -0.15) is 0 Å². The maximum atomic E-state index is 4.94. The van der Waals surface area contributed by atoms with Crippen LogP contribution in [0.2, 0.25) is 0 Å². The first-order valence-corrected chi connectivity index (χ1v) is 4.29. The van der Waals surface area contributed by atoms with Crippen molar-refractivity contribution in [1.29, 1.82) is 0 Å². The van der Waals surface area contributed by atoms with Crippen molar-refractivity contribution in [2.75, 3.05) is 25.7 Å². The number of nitrogens with zero attached hydrogens (tertiary/aromatic N) is 1. The lowest BCUT2D eigenvalue weighted by molar-refractivity contribution is 0.193. The normalized spacial score (nSPS) is 10.1. The summed E-state index contributed by atoms with van der Waals surface area (Å²) in [7, 11) is 1.74. The fourth-order valence-electron chi connectivity index (χ4n) is 1.02. The number of hydrogen-bond donors (Lipinski definition) is 1. The van der Waals surface area contributed by atoms with E-state index in [9.17, 15) is 0 Å². The Balaban J connectivity index is 1.96. The summed E-state index contributed by atoms with van der Waals surface area (Å²) < 4.78 is 6.91. The molecule has 68 valence electrons. The molecule has 0 fully saturated rings. The number of methoxy groups -OCH3 is 1. The number of hydrogen-bond acceptors (Lipinski definition) is 2. The van der Waals surface area contributed by atoms with E-state index in [-0.39, 0.29) is 0 Å².